The molecule has 1 rings (SSSR count). The van der Waals surface area contributed by atoms with E-state index in [4.69, 9.17) is 4.74 Å². The van der Waals surface area contributed by atoms with E-state index in [0.717, 1.165) is 11.1 Å². The first-order chi connectivity index (χ1) is 6.24. The summed E-state index contributed by atoms with van der Waals surface area (Å²) in [7, 11) is 0. The van der Waals surface area contributed by atoms with Gasteiger partial charge in [0.25, 0.3) is 5.97 Å². The van der Waals surface area contributed by atoms with E-state index in [1.807, 2.05) is 24.3 Å². The number of hydrogen-bond acceptors (Lipinski definition) is 2. The van der Waals surface area contributed by atoms with Gasteiger partial charge in [0.15, 0.2) is 0 Å². The Labute approximate surface area is 114 Å². The van der Waals surface area contributed by atoms with Crippen LogP contribution in [-0.2, 0) is 35.4 Å². The predicted octanol–water partition coefficient (Wildman–Crippen LogP) is -1.02. The minimum atomic E-state index is -0.196. The number of hydrogen-bond donors (Lipinski definition) is 0. The Morgan fingerprint density at radius 1 is 1.40 bits per heavy atom. The van der Waals surface area contributed by atoms with Crippen molar-refractivity contribution in [3.05, 3.63) is 42.3 Å². The second-order valence-corrected chi connectivity index (χ2v) is 2.75. The molecule has 0 bridgehead atoms. The summed E-state index contributed by atoms with van der Waals surface area (Å²) in [5, 5.41) is 0. The smallest absolute Gasteiger partial charge is 1.00 e. The summed E-state index contributed by atoms with van der Waals surface area (Å²) in [6, 6.07) is 7.56. The topological polar surface area (TPSA) is 26.3 Å². The molecule has 0 fully saturated rings. The number of halogens is 1. The first-order valence-corrected chi connectivity index (χ1v) is 4.29. The molecule has 0 aliphatic heterocycles. The van der Waals surface area contributed by atoms with Crippen molar-refractivity contribution in [2.24, 2.45) is 0 Å². The Balaban J connectivity index is 0. The van der Waals surface area contributed by atoms with Gasteiger partial charge in [-0.3, -0.25) is 4.79 Å². The fourth-order valence-electron chi connectivity index (χ4n) is 1.10. The first kappa shape index (κ1) is 17.1. The van der Waals surface area contributed by atoms with Crippen LogP contribution in [0.25, 0.3) is 0 Å². The molecule has 1 aromatic carbocycles. The van der Waals surface area contributed by atoms with Gasteiger partial charge in [0.1, 0.15) is 0 Å². The maximum Gasteiger partial charge on any atom is 2.00 e. The molecule has 0 saturated heterocycles. The largest absolute Gasteiger partial charge is 2.00 e. The molecule has 0 amide bonds. The molecule has 1 aromatic rings. The van der Waals surface area contributed by atoms with Gasteiger partial charge in [0.05, 0.1) is 6.61 Å². The average Bonchev–Trinajstić information content (AvgIpc) is 2.09. The number of rotatable bonds is 3. The number of esters is 1. The molecule has 4 heteroatoms. The van der Waals surface area contributed by atoms with Crippen molar-refractivity contribution < 1.29 is 46.0 Å². The minimum Gasteiger partial charge on any atom is -1.00 e. The van der Waals surface area contributed by atoms with Crippen molar-refractivity contribution in [2.75, 3.05) is 6.61 Å². The van der Waals surface area contributed by atoms with Crippen LogP contribution in [0.2, 0.25) is 0 Å². The maximum absolute atomic E-state index is 11.1. The van der Waals surface area contributed by atoms with E-state index in [9.17, 15) is 4.79 Å². The normalized spacial score (nSPS) is 8.33. The zero-order chi connectivity index (χ0) is 9.68. The summed E-state index contributed by atoms with van der Waals surface area (Å²) in [5.74, 6) is -0.196. The zero-order valence-corrected chi connectivity index (χ0v) is 13.4. The van der Waals surface area contributed by atoms with Crippen LogP contribution in [0.5, 0.6) is 0 Å². The Hall–Kier alpha value is -0.337. The molecule has 0 radical (unpaired) electrons. The molecule has 0 spiro atoms. The Morgan fingerprint density at radius 2 is 2.00 bits per heavy atom. The maximum atomic E-state index is 11.1. The number of carbonyl (C=O) groups excluding carboxylic acids is 1. The molecule has 0 N–H and O–H groups in total. The van der Waals surface area contributed by atoms with Crippen LogP contribution in [0.15, 0.2) is 24.3 Å². The van der Waals surface area contributed by atoms with E-state index in [1.54, 1.807) is 6.92 Å². The van der Waals surface area contributed by atoms with Gasteiger partial charge >= 0.3 is 19.5 Å². The molecule has 0 aromatic heterocycles. The fourth-order valence-corrected chi connectivity index (χ4v) is 1.10. The third kappa shape index (κ3) is 5.96. The van der Waals surface area contributed by atoms with Crippen LogP contribution in [0, 0.1) is 6.92 Å². The van der Waals surface area contributed by atoms with Crippen LogP contribution >= 0.6 is 0 Å². The predicted molar refractivity (Wildman–Crippen MR) is 51.2 cm³/mol. The first-order valence-electron chi connectivity index (χ1n) is 4.29. The van der Waals surface area contributed by atoms with Gasteiger partial charge in [-0.15, -0.1) is 17.7 Å². The van der Waals surface area contributed by atoms with Crippen molar-refractivity contribution in [3.63, 3.8) is 0 Å². The van der Waals surface area contributed by atoms with Crippen molar-refractivity contribution in [3.8, 4) is 0 Å². The second-order valence-electron chi connectivity index (χ2n) is 2.75. The van der Waals surface area contributed by atoms with Crippen LogP contribution in [0.1, 0.15) is 18.1 Å². The molecule has 0 aliphatic rings. The Morgan fingerprint density at radius 3 is 2.53 bits per heavy atom. The number of ether oxygens (including phenoxy) is 1. The monoisotopic (exact) mass is 320 g/mol. The molecule has 2 nitrogen and oxygen atoms in total. The standard InChI is InChI=1S/C11H13O2.BrH.Zn/c1-3-13-11(12)8-10-7-5-4-6-9(10)2;;/h4-7H,2-3,8H2,1H3;1H;/q-1;;+2/p-1. The molecule has 0 atom stereocenters. The molecule has 15 heavy (non-hydrogen) atoms. The summed E-state index contributed by atoms with van der Waals surface area (Å²) in [4.78, 5) is 11.1. The molecule has 0 aliphatic carbocycles. The fraction of sp³-hybridized carbons (Fsp3) is 0.273. The summed E-state index contributed by atoms with van der Waals surface area (Å²) in [6.07, 6.45) is 0.313. The Bertz CT molecular complexity index is 302. The summed E-state index contributed by atoms with van der Waals surface area (Å²) in [5.41, 5.74) is 1.82. The van der Waals surface area contributed by atoms with Gasteiger partial charge in [-0.05, 0) is 6.92 Å². The van der Waals surface area contributed by atoms with Gasteiger partial charge in [-0.1, -0.05) is 6.07 Å². The number of benzene rings is 1. The quantitative estimate of drug-likeness (QED) is 0.404. The third-order valence-electron chi connectivity index (χ3n) is 1.76. The van der Waals surface area contributed by atoms with Gasteiger partial charge in [-0.2, -0.15) is 18.6 Å². The molecular formula is C11H13BrO2Zn. The second kappa shape index (κ2) is 8.93. The van der Waals surface area contributed by atoms with Gasteiger partial charge < -0.3 is 21.7 Å². The van der Waals surface area contributed by atoms with Gasteiger partial charge in [0, 0.05) is 6.42 Å². The van der Waals surface area contributed by atoms with E-state index >= 15 is 0 Å². The molecule has 78 valence electrons. The number of carbonyl (C=O) groups is 1. The van der Waals surface area contributed by atoms with E-state index in [0.29, 0.717) is 13.0 Å². The average molecular weight is 323 g/mol. The van der Waals surface area contributed by atoms with E-state index in [2.05, 4.69) is 6.92 Å². The van der Waals surface area contributed by atoms with Crippen molar-refractivity contribution in [1.82, 2.24) is 0 Å². The van der Waals surface area contributed by atoms with Crippen LogP contribution < -0.4 is 17.0 Å². The third-order valence-corrected chi connectivity index (χ3v) is 1.76. The Kier molecular flexibility index (Phi) is 10.2. The van der Waals surface area contributed by atoms with Crippen molar-refractivity contribution in [1.29, 1.82) is 0 Å². The van der Waals surface area contributed by atoms with Crippen LogP contribution in [0.3, 0.4) is 0 Å². The van der Waals surface area contributed by atoms with Gasteiger partial charge in [-0.25, -0.2) is 0 Å². The molecular weight excluding hydrogens is 309 g/mol. The summed E-state index contributed by atoms with van der Waals surface area (Å²) in [6.45, 7) is 6.05. The van der Waals surface area contributed by atoms with E-state index < -0.39 is 0 Å². The van der Waals surface area contributed by atoms with Gasteiger partial charge in [0.2, 0.25) is 0 Å². The van der Waals surface area contributed by atoms with E-state index in [-0.39, 0.29) is 42.4 Å². The molecule has 0 saturated carbocycles. The zero-order valence-electron chi connectivity index (χ0n) is 8.83. The summed E-state index contributed by atoms with van der Waals surface area (Å²) >= 11 is 0. The SMILES string of the molecule is [Br-].[CH2-]c1ccccc1CC(=O)OCC.[Zn+2]. The molecule has 0 heterocycles. The van der Waals surface area contributed by atoms with E-state index in [1.165, 1.54) is 0 Å². The molecule has 0 unspecified atom stereocenters. The summed E-state index contributed by atoms with van der Waals surface area (Å²) < 4.78 is 4.83. The van der Waals surface area contributed by atoms with Crippen LogP contribution in [-0.4, -0.2) is 12.6 Å². The van der Waals surface area contributed by atoms with Crippen molar-refractivity contribution >= 4 is 5.97 Å². The van der Waals surface area contributed by atoms with Crippen LogP contribution in [0.4, 0.5) is 0 Å². The minimum absolute atomic E-state index is 0. The van der Waals surface area contributed by atoms with Crippen molar-refractivity contribution in [2.45, 2.75) is 13.3 Å².